The Labute approximate surface area is 278 Å². The van der Waals surface area contributed by atoms with Crippen LogP contribution in [-0.4, -0.2) is 80.4 Å². The standard InChI is InChI=1S/C37H53FN2O7/c1-3-44-22-29(23-45-4-2)46-37(43)34-20-28-18-24(10-15-33(28)47-34)19-32(41)35-30(25-8-6-5-7-9-25)16-17-40(35)36(42)27-13-11-26(12-14-27)31(39)21-38/h10,15,18,20,25-27,29-31,35H,3-9,11-14,16-17,19,21-23,39H2,1-2H3/t26?,27?,30-,31+,35-/m0/s1. The molecule has 2 N–H and O–H groups in total. The molecule has 1 aliphatic heterocycles. The van der Waals surface area contributed by atoms with Crippen molar-refractivity contribution in [1.29, 1.82) is 0 Å². The van der Waals surface area contributed by atoms with Crippen LogP contribution in [0.2, 0.25) is 0 Å². The van der Waals surface area contributed by atoms with Gasteiger partial charge in [-0.15, -0.1) is 0 Å². The number of fused-ring (bicyclic) bond motifs is 1. The van der Waals surface area contributed by atoms with E-state index in [-0.39, 0.29) is 54.8 Å². The van der Waals surface area contributed by atoms with Gasteiger partial charge < -0.3 is 29.3 Å². The summed E-state index contributed by atoms with van der Waals surface area (Å²) in [7, 11) is 0. The number of hydrogen-bond donors (Lipinski definition) is 1. The number of likely N-dealkylation sites (tertiary alicyclic amines) is 1. The van der Waals surface area contributed by atoms with Crippen molar-refractivity contribution < 1.29 is 37.4 Å². The number of halogens is 1. The van der Waals surface area contributed by atoms with Gasteiger partial charge in [-0.1, -0.05) is 38.2 Å². The highest BCUT2D eigenvalue weighted by molar-refractivity contribution is 5.94. The van der Waals surface area contributed by atoms with Gasteiger partial charge in [-0.25, -0.2) is 9.18 Å². The number of ether oxygens (including phenoxy) is 3. The molecule has 1 amide bonds. The molecular formula is C37H53FN2O7. The topological polar surface area (TPSA) is 121 Å². The summed E-state index contributed by atoms with van der Waals surface area (Å²) in [6.07, 6.45) is 9.19. The maximum atomic E-state index is 14.2. The van der Waals surface area contributed by atoms with Crippen molar-refractivity contribution in [1.82, 2.24) is 4.90 Å². The van der Waals surface area contributed by atoms with Crippen molar-refractivity contribution in [2.75, 3.05) is 39.6 Å². The highest BCUT2D eigenvalue weighted by atomic mass is 19.1. The summed E-state index contributed by atoms with van der Waals surface area (Å²) in [4.78, 5) is 43.0. The van der Waals surface area contributed by atoms with Gasteiger partial charge in [0.15, 0.2) is 5.78 Å². The first-order valence-corrected chi connectivity index (χ1v) is 17.9. The summed E-state index contributed by atoms with van der Waals surface area (Å²) >= 11 is 0. The van der Waals surface area contributed by atoms with Gasteiger partial charge in [-0.05, 0) is 87.5 Å². The molecule has 10 heteroatoms. The molecule has 3 fully saturated rings. The molecule has 5 rings (SSSR count). The van der Waals surface area contributed by atoms with Crippen molar-refractivity contribution in [3.63, 3.8) is 0 Å². The lowest BCUT2D eigenvalue weighted by Gasteiger charge is -2.37. The number of esters is 1. The average molecular weight is 657 g/mol. The van der Waals surface area contributed by atoms with E-state index in [1.165, 1.54) is 19.3 Å². The first-order valence-electron chi connectivity index (χ1n) is 17.9. The molecule has 9 nitrogen and oxygen atoms in total. The monoisotopic (exact) mass is 656 g/mol. The van der Waals surface area contributed by atoms with Crippen molar-refractivity contribution in [2.24, 2.45) is 29.4 Å². The lowest BCUT2D eigenvalue weighted by Crippen LogP contribution is -2.48. The highest BCUT2D eigenvalue weighted by Crippen LogP contribution is 2.41. The molecule has 0 bridgehead atoms. The van der Waals surface area contributed by atoms with Gasteiger partial charge in [0.2, 0.25) is 11.7 Å². The molecule has 0 radical (unpaired) electrons. The SMILES string of the molecule is CCOCC(COCC)OC(=O)c1cc2cc(CC(=O)[C@@H]3[C@H](C4CCCCC4)CCN3C(=O)C3CCC([C@H](N)CF)CC3)ccc2o1. The minimum Gasteiger partial charge on any atom is -0.452 e. The summed E-state index contributed by atoms with van der Waals surface area (Å²) < 4.78 is 35.5. The van der Waals surface area contributed by atoms with Gasteiger partial charge in [0, 0.05) is 43.5 Å². The third-order valence-corrected chi connectivity index (χ3v) is 10.7. The second-order valence-corrected chi connectivity index (χ2v) is 13.7. The van der Waals surface area contributed by atoms with Crippen molar-refractivity contribution >= 4 is 28.6 Å². The zero-order valence-electron chi connectivity index (χ0n) is 28.1. The Kier molecular flexibility index (Phi) is 12.9. The third kappa shape index (κ3) is 8.81. The minimum absolute atomic E-state index is 0.0664. The zero-order valence-corrected chi connectivity index (χ0v) is 28.1. The second-order valence-electron chi connectivity index (χ2n) is 13.7. The van der Waals surface area contributed by atoms with E-state index in [9.17, 15) is 18.8 Å². The molecule has 1 aromatic carbocycles. The minimum atomic E-state index is -0.598. The van der Waals surface area contributed by atoms with Gasteiger partial charge >= 0.3 is 5.97 Å². The molecule has 1 aromatic heterocycles. The molecule has 260 valence electrons. The van der Waals surface area contributed by atoms with Crippen molar-refractivity contribution in [2.45, 2.75) is 103 Å². The Balaban J connectivity index is 1.29. The summed E-state index contributed by atoms with van der Waals surface area (Å²) in [5.41, 5.74) is 7.32. The van der Waals surface area contributed by atoms with E-state index in [0.29, 0.717) is 49.5 Å². The number of nitrogens with zero attached hydrogens (tertiary/aromatic N) is 1. The first kappa shape index (κ1) is 35.5. The molecular weight excluding hydrogens is 603 g/mol. The molecule has 1 saturated heterocycles. The summed E-state index contributed by atoms with van der Waals surface area (Å²) in [5, 5.41) is 0.708. The quantitative estimate of drug-likeness (QED) is 0.230. The fourth-order valence-electron chi connectivity index (χ4n) is 8.12. The van der Waals surface area contributed by atoms with E-state index in [4.69, 9.17) is 24.4 Å². The highest BCUT2D eigenvalue weighted by Gasteiger charge is 2.46. The molecule has 2 saturated carbocycles. The van der Waals surface area contributed by atoms with Crippen LogP contribution in [0.15, 0.2) is 28.7 Å². The predicted molar refractivity (Wildman–Crippen MR) is 177 cm³/mol. The van der Waals surface area contributed by atoms with Crippen LogP contribution in [0.1, 0.15) is 94.2 Å². The molecule has 2 aromatic rings. The molecule has 2 heterocycles. The molecule has 0 spiro atoms. The van der Waals surface area contributed by atoms with Crippen molar-refractivity contribution in [3.05, 3.63) is 35.6 Å². The fraction of sp³-hybridized carbons (Fsp3) is 0.703. The molecule has 47 heavy (non-hydrogen) atoms. The largest absolute Gasteiger partial charge is 0.452 e. The summed E-state index contributed by atoms with van der Waals surface area (Å²) in [6, 6.07) is 6.27. The number of hydrogen-bond acceptors (Lipinski definition) is 8. The maximum Gasteiger partial charge on any atom is 0.374 e. The van der Waals surface area contributed by atoms with Crippen LogP contribution < -0.4 is 5.73 Å². The number of ketones is 1. The number of nitrogens with two attached hydrogens (primary N) is 1. The number of benzene rings is 1. The normalized spacial score (nSPS) is 24.6. The van der Waals surface area contributed by atoms with Crippen molar-refractivity contribution in [3.8, 4) is 0 Å². The number of carbonyl (C=O) groups is 3. The Morgan fingerprint density at radius 2 is 1.66 bits per heavy atom. The summed E-state index contributed by atoms with van der Waals surface area (Å²) in [5.74, 6) is 0.220. The van der Waals surface area contributed by atoms with Crippen LogP contribution in [0.25, 0.3) is 11.0 Å². The van der Waals surface area contributed by atoms with Gasteiger partial charge in [0.25, 0.3) is 0 Å². The van der Waals surface area contributed by atoms with E-state index in [2.05, 4.69) is 0 Å². The van der Waals surface area contributed by atoms with E-state index in [1.807, 2.05) is 30.9 Å². The van der Waals surface area contributed by atoms with Crippen LogP contribution in [0, 0.1) is 23.7 Å². The van der Waals surface area contributed by atoms with E-state index >= 15 is 0 Å². The molecule has 3 aliphatic rings. The second kappa shape index (κ2) is 17.0. The number of Topliss-reactive ketones (excluding diaryl/α,β-unsaturated/α-hetero) is 1. The molecule has 0 unspecified atom stereocenters. The van der Waals surface area contributed by atoms with Crippen LogP contribution in [0.5, 0.6) is 0 Å². The van der Waals surface area contributed by atoms with E-state index < -0.39 is 30.8 Å². The Bertz CT molecular complexity index is 1330. The fourth-order valence-corrected chi connectivity index (χ4v) is 8.12. The lowest BCUT2D eigenvalue weighted by molar-refractivity contribution is -0.143. The number of rotatable bonds is 15. The maximum absolute atomic E-state index is 14.2. The number of alkyl halides is 1. The van der Waals surface area contributed by atoms with Crippen LogP contribution >= 0.6 is 0 Å². The Morgan fingerprint density at radius 3 is 2.32 bits per heavy atom. The number of furan rings is 1. The zero-order chi connectivity index (χ0) is 33.3. The summed E-state index contributed by atoms with van der Waals surface area (Å²) in [6.45, 7) is 5.28. The third-order valence-electron chi connectivity index (χ3n) is 10.7. The van der Waals surface area contributed by atoms with Crippen LogP contribution in [0.4, 0.5) is 4.39 Å². The van der Waals surface area contributed by atoms with Crippen LogP contribution in [-0.2, 0) is 30.2 Å². The number of amides is 1. The van der Waals surface area contributed by atoms with Gasteiger partial charge in [0.1, 0.15) is 18.4 Å². The number of carbonyl (C=O) groups excluding carboxylic acids is 3. The van der Waals surface area contributed by atoms with E-state index in [1.54, 1.807) is 12.1 Å². The Hall–Kier alpha value is -2.82. The molecule has 3 atom stereocenters. The van der Waals surface area contributed by atoms with Gasteiger partial charge in [-0.3, -0.25) is 9.59 Å². The average Bonchev–Trinajstić information content (AvgIpc) is 3.74. The lowest BCUT2D eigenvalue weighted by atomic mass is 9.75. The smallest absolute Gasteiger partial charge is 0.374 e. The first-order chi connectivity index (χ1) is 22.8. The predicted octanol–water partition coefficient (Wildman–Crippen LogP) is 6.04. The van der Waals surface area contributed by atoms with Crippen LogP contribution in [0.3, 0.4) is 0 Å². The van der Waals surface area contributed by atoms with E-state index in [0.717, 1.165) is 37.7 Å². The Morgan fingerprint density at radius 1 is 0.957 bits per heavy atom. The van der Waals surface area contributed by atoms with Gasteiger partial charge in [-0.2, -0.15) is 0 Å². The van der Waals surface area contributed by atoms with Gasteiger partial charge in [0.05, 0.1) is 19.3 Å². The molecule has 2 aliphatic carbocycles.